The summed E-state index contributed by atoms with van der Waals surface area (Å²) in [4.78, 5) is 0. The summed E-state index contributed by atoms with van der Waals surface area (Å²) < 4.78 is 22.4. The van der Waals surface area contributed by atoms with Crippen molar-refractivity contribution in [1.82, 2.24) is 0 Å². The molecule has 1 N–H and O–H groups in total. The van der Waals surface area contributed by atoms with Crippen LogP contribution in [-0.4, -0.2) is 41.8 Å². The number of hydrogen-bond donors (Lipinski definition) is 1. The average molecular weight is 246 g/mol. The molecular weight excluding hydrogens is 224 g/mol. The minimum atomic E-state index is -1.16. The minimum absolute atomic E-state index is 0.0101. The molecule has 0 aromatic heterocycles. The lowest BCUT2D eigenvalue weighted by Gasteiger charge is -2.25. The molecule has 2 aliphatic heterocycles. The van der Waals surface area contributed by atoms with Crippen LogP contribution < -0.4 is 0 Å². The highest BCUT2D eigenvalue weighted by atomic mass is 16.8. The molecule has 0 radical (unpaired) electrons. The van der Waals surface area contributed by atoms with Gasteiger partial charge < -0.3 is 24.1 Å². The third kappa shape index (κ3) is 3.63. The van der Waals surface area contributed by atoms with E-state index in [9.17, 15) is 5.11 Å². The zero-order valence-electron chi connectivity index (χ0n) is 10.9. The van der Waals surface area contributed by atoms with Gasteiger partial charge >= 0.3 is 0 Å². The normalized spacial score (nSPS) is 37.6. The third-order valence-corrected chi connectivity index (χ3v) is 2.88. The summed E-state index contributed by atoms with van der Waals surface area (Å²) >= 11 is 0. The van der Waals surface area contributed by atoms with Gasteiger partial charge in [-0.05, 0) is 34.1 Å². The van der Waals surface area contributed by atoms with Crippen molar-refractivity contribution >= 4 is 0 Å². The van der Waals surface area contributed by atoms with Crippen LogP contribution in [0.1, 0.15) is 40.5 Å². The molecule has 0 aromatic rings. The maximum absolute atomic E-state index is 9.55. The molecule has 0 amide bonds. The Morgan fingerprint density at radius 1 is 1.24 bits per heavy atom. The van der Waals surface area contributed by atoms with Gasteiger partial charge in [0.1, 0.15) is 6.10 Å². The molecule has 0 bridgehead atoms. The average Bonchev–Trinajstić information content (AvgIpc) is 2.69. The lowest BCUT2D eigenvalue weighted by atomic mass is 10.1. The molecule has 2 saturated heterocycles. The first-order chi connectivity index (χ1) is 7.75. The van der Waals surface area contributed by atoms with Gasteiger partial charge in [0.25, 0.3) is 0 Å². The number of ether oxygens (including phenoxy) is 4. The third-order valence-electron chi connectivity index (χ3n) is 2.88. The van der Waals surface area contributed by atoms with Crippen molar-refractivity contribution in [3.05, 3.63) is 0 Å². The maximum Gasteiger partial charge on any atom is 0.163 e. The van der Waals surface area contributed by atoms with Gasteiger partial charge in [-0.1, -0.05) is 0 Å². The Balaban J connectivity index is 1.82. The van der Waals surface area contributed by atoms with E-state index in [1.165, 1.54) is 0 Å². The maximum atomic E-state index is 9.55. The fraction of sp³-hybridized carbons (Fsp3) is 1.00. The molecule has 3 atom stereocenters. The van der Waals surface area contributed by atoms with E-state index in [1.54, 1.807) is 13.8 Å². The molecule has 100 valence electrons. The second-order valence-electron chi connectivity index (χ2n) is 5.61. The molecule has 2 fully saturated rings. The van der Waals surface area contributed by atoms with E-state index in [1.807, 2.05) is 13.8 Å². The van der Waals surface area contributed by atoms with Crippen LogP contribution in [-0.2, 0) is 18.9 Å². The highest BCUT2D eigenvalue weighted by Crippen LogP contribution is 2.32. The summed E-state index contributed by atoms with van der Waals surface area (Å²) in [6, 6.07) is 0. The van der Waals surface area contributed by atoms with E-state index in [0.717, 1.165) is 12.8 Å². The van der Waals surface area contributed by atoms with Crippen molar-refractivity contribution in [2.75, 3.05) is 6.61 Å². The van der Waals surface area contributed by atoms with Crippen molar-refractivity contribution in [2.45, 2.75) is 70.6 Å². The highest BCUT2D eigenvalue weighted by Gasteiger charge is 2.42. The van der Waals surface area contributed by atoms with Crippen LogP contribution in [0.5, 0.6) is 0 Å². The Morgan fingerprint density at radius 2 is 1.94 bits per heavy atom. The summed E-state index contributed by atoms with van der Waals surface area (Å²) in [6.07, 6.45) is 1.23. The van der Waals surface area contributed by atoms with E-state index < -0.39 is 11.6 Å². The molecule has 2 aliphatic rings. The molecule has 2 rings (SSSR count). The molecular formula is C12H22O5. The van der Waals surface area contributed by atoms with Gasteiger partial charge in [-0.3, -0.25) is 0 Å². The van der Waals surface area contributed by atoms with Crippen molar-refractivity contribution in [1.29, 1.82) is 0 Å². The predicted molar refractivity (Wildman–Crippen MR) is 60.2 cm³/mol. The zero-order valence-corrected chi connectivity index (χ0v) is 10.9. The SMILES string of the molecule is CC(C)(O)O[C@@H]1CCC(C2COC(C)(C)O2)O1. The van der Waals surface area contributed by atoms with E-state index >= 15 is 0 Å². The lowest BCUT2D eigenvalue weighted by molar-refractivity contribution is -0.274. The number of hydrogen-bond acceptors (Lipinski definition) is 5. The molecule has 5 heteroatoms. The van der Waals surface area contributed by atoms with E-state index in [2.05, 4.69) is 0 Å². The van der Waals surface area contributed by atoms with Gasteiger partial charge in [0.2, 0.25) is 0 Å². The largest absolute Gasteiger partial charge is 0.366 e. The number of rotatable bonds is 3. The molecule has 5 nitrogen and oxygen atoms in total. The van der Waals surface area contributed by atoms with Crippen LogP contribution in [0.25, 0.3) is 0 Å². The van der Waals surface area contributed by atoms with E-state index in [0.29, 0.717) is 6.61 Å². The molecule has 0 aliphatic carbocycles. The Kier molecular flexibility index (Phi) is 3.49. The Bertz CT molecular complexity index is 271. The molecule has 2 unspecified atom stereocenters. The van der Waals surface area contributed by atoms with Crippen molar-refractivity contribution < 1.29 is 24.1 Å². The molecule has 0 aromatic carbocycles. The van der Waals surface area contributed by atoms with Crippen LogP contribution in [0.15, 0.2) is 0 Å². The van der Waals surface area contributed by atoms with E-state index in [4.69, 9.17) is 18.9 Å². The van der Waals surface area contributed by atoms with Crippen molar-refractivity contribution in [2.24, 2.45) is 0 Å². The molecule has 0 spiro atoms. The summed E-state index contributed by atoms with van der Waals surface area (Å²) in [5.74, 6) is -1.69. The zero-order chi connectivity index (χ0) is 12.7. The molecule has 17 heavy (non-hydrogen) atoms. The van der Waals surface area contributed by atoms with Crippen LogP contribution in [0.4, 0.5) is 0 Å². The highest BCUT2D eigenvalue weighted by molar-refractivity contribution is 4.82. The van der Waals surface area contributed by atoms with Crippen LogP contribution >= 0.6 is 0 Å². The first kappa shape index (κ1) is 13.2. The quantitative estimate of drug-likeness (QED) is 0.763. The topological polar surface area (TPSA) is 57.2 Å². The van der Waals surface area contributed by atoms with Crippen molar-refractivity contribution in [3.8, 4) is 0 Å². The molecule has 2 heterocycles. The summed E-state index contributed by atoms with van der Waals surface area (Å²) in [5.41, 5.74) is 0. The Hall–Kier alpha value is -0.200. The fourth-order valence-electron chi connectivity index (χ4n) is 2.21. The van der Waals surface area contributed by atoms with Gasteiger partial charge in [-0.25, -0.2) is 0 Å². The second kappa shape index (κ2) is 4.48. The first-order valence-electron chi connectivity index (χ1n) is 6.13. The first-order valence-corrected chi connectivity index (χ1v) is 6.13. The van der Waals surface area contributed by atoms with Crippen LogP contribution in [0.3, 0.4) is 0 Å². The van der Waals surface area contributed by atoms with Gasteiger partial charge in [0.05, 0.1) is 12.7 Å². The Labute approximate surface area is 102 Å². The van der Waals surface area contributed by atoms with Gasteiger partial charge in [-0.2, -0.15) is 0 Å². The van der Waals surface area contributed by atoms with E-state index in [-0.39, 0.29) is 18.5 Å². The van der Waals surface area contributed by atoms with Gasteiger partial charge in [0.15, 0.2) is 17.9 Å². The molecule has 0 saturated carbocycles. The van der Waals surface area contributed by atoms with Gasteiger partial charge in [-0.15, -0.1) is 0 Å². The minimum Gasteiger partial charge on any atom is -0.366 e. The monoisotopic (exact) mass is 246 g/mol. The second-order valence-corrected chi connectivity index (χ2v) is 5.61. The standard InChI is InChI=1S/C12H22O5/c1-11(2,13)17-10-6-5-8(15-10)9-7-14-12(3,4)16-9/h8-10,13H,5-7H2,1-4H3/t8?,9?,10-/m1/s1. The summed E-state index contributed by atoms with van der Waals surface area (Å²) in [7, 11) is 0. The lowest BCUT2D eigenvalue weighted by Crippen LogP contribution is -2.34. The van der Waals surface area contributed by atoms with Crippen LogP contribution in [0.2, 0.25) is 0 Å². The van der Waals surface area contributed by atoms with Crippen molar-refractivity contribution in [3.63, 3.8) is 0 Å². The number of aliphatic hydroxyl groups is 1. The predicted octanol–water partition coefficient (Wildman–Crippen LogP) is 1.39. The Morgan fingerprint density at radius 3 is 2.47 bits per heavy atom. The summed E-state index contributed by atoms with van der Waals surface area (Å²) in [5, 5.41) is 9.55. The summed E-state index contributed by atoms with van der Waals surface area (Å²) in [6.45, 7) is 7.54. The van der Waals surface area contributed by atoms with Crippen LogP contribution in [0, 0.1) is 0 Å². The fourth-order valence-corrected chi connectivity index (χ4v) is 2.21. The smallest absolute Gasteiger partial charge is 0.163 e. The van der Waals surface area contributed by atoms with Gasteiger partial charge in [0, 0.05) is 6.42 Å².